The zero-order valence-electron chi connectivity index (χ0n) is 32.6. The lowest BCUT2D eigenvalue weighted by Gasteiger charge is -2.35. The second-order valence-electron chi connectivity index (χ2n) is 12.5. The summed E-state index contributed by atoms with van der Waals surface area (Å²) in [5.41, 5.74) is -2.82. The van der Waals surface area contributed by atoms with E-state index in [0.717, 1.165) is 12.6 Å². The van der Waals surface area contributed by atoms with E-state index in [1.54, 1.807) is 0 Å². The highest BCUT2D eigenvalue weighted by atomic mass is 32.1. The Balaban J connectivity index is 0. The molecule has 16 nitrogen and oxygen atoms in total. The van der Waals surface area contributed by atoms with Crippen LogP contribution in [0.15, 0.2) is 12.7 Å². The predicted molar refractivity (Wildman–Crippen MR) is 232 cm³/mol. The molecule has 0 spiro atoms. The van der Waals surface area contributed by atoms with Gasteiger partial charge >= 0.3 is 41.8 Å². The molecule has 0 rings (SSSR count). The minimum absolute atomic E-state index is 0.0189. The molecule has 57 heavy (non-hydrogen) atoms. The Labute approximate surface area is 368 Å². The molecule has 0 atom stereocenters. The van der Waals surface area contributed by atoms with Gasteiger partial charge in [0.15, 0.2) is 0 Å². The summed E-state index contributed by atoms with van der Waals surface area (Å²) in [5, 5.41) is 0. The lowest BCUT2D eigenvalue weighted by molar-refractivity contribution is -0.174. The Morgan fingerprint density at radius 2 is 0.702 bits per heavy atom. The molecule has 0 aromatic rings. The van der Waals surface area contributed by atoms with Crippen molar-refractivity contribution < 1.29 is 71.5 Å². The zero-order valence-corrected chi connectivity index (χ0v) is 38.0. The maximum Gasteiger partial charge on any atom is 0.330 e. The Bertz CT molecular complexity index is 1030. The third-order valence-electron chi connectivity index (χ3n) is 6.90. The second kappa shape index (κ2) is 35.9. The van der Waals surface area contributed by atoms with Gasteiger partial charge in [-0.05, 0) is 14.1 Å². The average Bonchev–Trinajstić information content (AvgIpc) is 3.16. The second-order valence-corrected chi connectivity index (χ2v) is 15.2. The van der Waals surface area contributed by atoms with Gasteiger partial charge in [-0.1, -0.05) is 6.58 Å². The molecule has 0 bridgehead atoms. The van der Waals surface area contributed by atoms with Crippen molar-refractivity contribution in [3.8, 4) is 0 Å². The number of ether oxygens (including phenoxy) is 8. The molecule has 0 fully saturated rings. The van der Waals surface area contributed by atoms with E-state index in [9.17, 15) is 33.6 Å². The molecule has 0 radical (unpaired) electrons. The molecule has 0 heterocycles. The van der Waals surface area contributed by atoms with Gasteiger partial charge in [0.1, 0.15) is 46.2 Å². The Morgan fingerprint density at radius 3 is 0.895 bits per heavy atom. The van der Waals surface area contributed by atoms with Crippen LogP contribution < -0.4 is 0 Å². The van der Waals surface area contributed by atoms with Gasteiger partial charge in [0.25, 0.3) is 0 Å². The van der Waals surface area contributed by atoms with Crippen molar-refractivity contribution in [3.05, 3.63) is 12.7 Å². The molecule has 0 saturated heterocycles. The van der Waals surface area contributed by atoms with Gasteiger partial charge in [-0.15, -0.1) is 0 Å². The molecule has 0 saturated carbocycles. The van der Waals surface area contributed by atoms with Crippen molar-refractivity contribution >= 4 is 118 Å². The first-order chi connectivity index (χ1) is 27.1. The van der Waals surface area contributed by atoms with Crippen LogP contribution in [0.2, 0.25) is 0 Å². The summed E-state index contributed by atoms with van der Waals surface area (Å²) >= 11 is 24.2. The van der Waals surface area contributed by atoms with Crippen molar-refractivity contribution in [3.63, 3.8) is 0 Å². The molecule has 0 aliphatic carbocycles. The average molecular weight is 926 g/mol. The monoisotopic (exact) mass is 925 g/mol. The largest absolute Gasteiger partial charge is 0.465 e. The molecule has 330 valence electrons. The molecular weight excluding hydrogens is 867 g/mol. The van der Waals surface area contributed by atoms with Crippen LogP contribution in [-0.2, 0) is 71.5 Å². The van der Waals surface area contributed by atoms with Crippen LogP contribution in [0.4, 0.5) is 0 Å². The zero-order chi connectivity index (χ0) is 43.5. The van der Waals surface area contributed by atoms with E-state index in [2.05, 4.69) is 82.4 Å². The highest BCUT2D eigenvalue weighted by molar-refractivity contribution is 7.81. The van der Waals surface area contributed by atoms with Crippen LogP contribution in [0.1, 0.15) is 38.5 Å². The fourth-order valence-corrected chi connectivity index (χ4v) is 4.85. The topological polar surface area (TPSA) is 197 Å². The van der Waals surface area contributed by atoms with Gasteiger partial charge < -0.3 is 42.8 Å². The number of hydrogen-bond acceptors (Lipinski definition) is 22. The number of likely N-dealkylation sites (N-methyl/N-ethyl adjacent to an activating group) is 1. The van der Waals surface area contributed by atoms with Crippen molar-refractivity contribution in [2.45, 2.75) is 38.5 Å². The molecule has 0 aliphatic rings. The quantitative estimate of drug-likeness (QED) is 0.0249. The van der Waals surface area contributed by atoms with Crippen LogP contribution >= 0.6 is 75.8 Å². The van der Waals surface area contributed by atoms with E-state index < -0.39 is 46.6 Å². The summed E-state index contributed by atoms with van der Waals surface area (Å²) in [7, 11) is 3.84. The van der Waals surface area contributed by atoms with E-state index in [1.165, 1.54) is 0 Å². The van der Waals surface area contributed by atoms with Crippen LogP contribution in [0.5, 0.6) is 0 Å². The third-order valence-corrected chi connectivity index (χ3v) is 8.24. The number of carbonyl (C=O) groups is 7. The molecule has 0 unspecified atom stereocenters. The van der Waals surface area contributed by atoms with E-state index in [1.807, 2.05) is 19.0 Å². The van der Waals surface area contributed by atoms with Crippen LogP contribution in [0.3, 0.4) is 0 Å². The van der Waals surface area contributed by atoms with Crippen LogP contribution in [-0.4, -0.2) is 161 Å². The third kappa shape index (κ3) is 31.6. The standard InChI is InChI=1S/C28H46O13S6.C7H13NO2/c29-21(1-7-42)36-15-27(16-37-22(30)2-8-43,17-38-23(31)3-9-44)13-35-14-28(18-39-24(32)4-10-45,19-40-25(33)5-11-46)20-41-26(34)6-12-47;1-4-7(9)10-6-5-8(2)3/h42-47H,1-20H2;4H,1,5-6H2,2-3H3. The first-order valence-electron chi connectivity index (χ1n) is 17.7. The van der Waals surface area contributed by atoms with E-state index in [0.29, 0.717) is 6.61 Å². The summed E-state index contributed by atoms with van der Waals surface area (Å²) in [6, 6.07) is 0. The van der Waals surface area contributed by atoms with Crippen molar-refractivity contribution in [1.82, 2.24) is 4.90 Å². The number of thiol groups is 6. The molecular formula is C35H59NO15S6. The fourth-order valence-electron chi connectivity index (χ4n) is 3.75. The minimum atomic E-state index is -1.41. The molecule has 0 aliphatic heterocycles. The maximum atomic E-state index is 12.3. The van der Waals surface area contributed by atoms with E-state index in [4.69, 9.17) is 37.9 Å². The van der Waals surface area contributed by atoms with Crippen molar-refractivity contribution in [2.75, 3.05) is 115 Å². The summed E-state index contributed by atoms with van der Waals surface area (Å²) in [4.78, 5) is 86.2. The Kier molecular flexibility index (Phi) is 36.0. The molecule has 0 aromatic heterocycles. The summed E-state index contributed by atoms with van der Waals surface area (Å²) in [5.74, 6) is -2.73. The van der Waals surface area contributed by atoms with Gasteiger partial charge in [-0.25, -0.2) is 4.79 Å². The summed E-state index contributed by atoms with van der Waals surface area (Å²) in [6.45, 7) is 1.43. The highest BCUT2D eigenvalue weighted by Crippen LogP contribution is 2.27. The van der Waals surface area contributed by atoms with E-state index in [-0.39, 0.29) is 132 Å². The SMILES string of the molecule is C=CC(=O)OCCN(C)C.O=C(CCS)OCC(COCC(COC(=O)CCS)(COC(=O)CCS)COC(=O)CCS)(COC(=O)CCS)COC(=O)CCS. The lowest BCUT2D eigenvalue weighted by Crippen LogP contribution is -2.47. The van der Waals surface area contributed by atoms with Crippen LogP contribution in [0.25, 0.3) is 0 Å². The van der Waals surface area contributed by atoms with Crippen molar-refractivity contribution in [2.24, 2.45) is 10.8 Å². The minimum Gasteiger partial charge on any atom is -0.465 e. The van der Waals surface area contributed by atoms with Gasteiger partial charge in [0.05, 0.1) is 62.6 Å². The van der Waals surface area contributed by atoms with Gasteiger partial charge in [0, 0.05) is 47.1 Å². The first-order valence-corrected chi connectivity index (χ1v) is 21.5. The van der Waals surface area contributed by atoms with Gasteiger partial charge in [-0.2, -0.15) is 75.8 Å². The van der Waals surface area contributed by atoms with Crippen LogP contribution in [0, 0.1) is 10.8 Å². The molecule has 0 amide bonds. The normalized spacial score (nSPS) is 11.0. The highest BCUT2D eigenvalue weighted by Gasteiger charge is 2.41. The molecule has 22 heteroatoms. The summed E-state index contributed by atoms with van der Waals surface area (Å²) < 4.78 is 43.3. The van der Waals surface area contributed by atoms with E-state index >= 15 is 0 Å². The number of carbonyl (C=O) groups excluding carboxylic acids is 7. The fraction of sp³-hybridized carbons (Fsp3) is 0.743. The predicted octanol–water partition coefficient (Wildman–Crippen LogP) is 2.43. The molecule has 0 N–H and O–H groups in total. The maximum absolute atomic E-state index is 12.3. The van der Waals surface area contributed by atoms with Gasteiger partial charge in [0.2, 0.25) is 0 Å². The smallest absolute Gasteiger partial charge is 0.330 e. The Hall–Kier alpha value is -1.95. The Morgan fingerprint density at radius 1 is 0.456 bits per heavy atom. The number of esters is 7. The first kappa shape index (κ1) is 57.1. The number of rotatable bonds is 32. The number of hydrogen-bond donors (Lipinski definition) is 6. The number of nitrogens with zero attached hydrogens (tertiary/aromatic N) is 1. The van der Waals surface area contributed by atoms with Crippen molar-refractivity contribution in [1.29, 1.82) is 0 Å². The lowest BCUT2D eigenvalue weighted by atomic mass is 9.90. The summed E-state index contributed by atoms with van der Waals surface area (Å²) in [6.07, 6.45) is 1.05. The molecule has 0 aromatic carbocycles. The van der Waals surface area contributed by atoms with Gasteiger partial charge in [-0.3, -0.25) is 28.8 Å².